The summed E-state index contributed by atoms with van der Waals surface area (Å²) in [5, 5.41) is 0. The summed E-state index contributed by atoms with van der Waals surface area (Å²) in [5.41, 5.74) is 4.42. The molecule has 0 saturated carbocycles. The van der Waals surface area contributed by atoms with Crippen LogP contribution in [-0.4, -0.2) is 38.4 Å². The van der Waals surface area contributed by atoms with E-state index < -0.39 is 18.2 Å². The fourth-order valence-corrected chi connectivity index (χ4v) is 4.89. The Hall–Kier alpha value is -4.01. The number of alkyl halides is 3. The van der Waals surface area contributed by atoms with E-state index >= 15 is 0 Å². The smallest absolute Gasteiger partial charge is 0.462 e. The summed E-state index contributed by atoms with van der Waals surface area (Å²) in [6.07, 6.45) is -1.47. The Bertz CT molecular complexity index is 1320. The van der Waals surface area contributed by atoms with E-state index in [9.17, 15) is 22.8 Å². The van der Waals surface area contributed by atoms with Gasteiger partial charge in [0.25, 0.3) is 0 Å². The average Bonchev–Trinajstić information content (AvgIpc) is 2.98. The third-order valence-electron chi connectivity index (χ3n) is 7.28. The molecule has 0 heterocycles. The maximum absolute atomic E-state index is 13.4. The minimum atomic E-state index is -4.82. The third kappa shape index (κ3) is 8.50. The number of carbonyl (C=O) groups is 2. The lowest BCUT2D eigenvalue weighted by Crippen LogP contribution is -2.37. The van der Waals surface area contributed by atoms with Gasteiger partial charge in [0.15, 0.2) is 0 Å². The summed E-state index contributed by atoms with van der Waals surface area (Å²) in [5.74, 6) is -1.84. The minimum absolute atomic E-state index is 0.0877. The fraction of sp³-hybridized carbons (Fsp3) is 0.394. The van der Waals surface area contributed by atoms with Crippen LogP contribution in [0.25, 0.3) is 11.1 Å². The van der Waals surface area contributed by atoms with Gasteiger partial charge in [-0.15, -0.1) is 13.2 Å². The first-order chi connectivity index (χ1) is 20.0. The Morgan fingerprint density at radius 1 is 0.905 bits per heavy atom. The molecule has 0 N–H and O–H groups in total. The number of rotatable bonds is 12. The lowest BCUT2D eigenvalue weighted by atomic mass is 9.94. The number of amides is 1. The van der Waals surface area contributed by atoms with Crippen LogP contribution in [0, 0.1) is 0 Å². The first kappa shape index (κ1) is 32.5. The van der Waals surface area contributed by atoms with Crippen molar-refractivity contribution in [3.63, 3.8) is 0 Å². The number of ether oxygens (including phenoxy) is 2. The first-order valence-corrected chi connectivity index (χ1v) is 14.2. The molecule has 3 rings (SSSR count). The summed E-state index contributed by atoms with van der Waals surface area (Å²) in [4.78, 5) is 29.4. The monoisotopic (exact) mass is 584 g/mol. The number of benzene rings is 3. The van der Waals surface area contributed by atoms with Gasteiger partial charge in [-0.05, 0) is 73.2 Å². The molecule has 3 aromatic carbocycles. The van der Waals surface area contributed by atoms with E-state index in [1.165, 1.54) is 34.7 Å². The van der Waals surface area contributed by atoms with E-state index in [1.807, 2.05) is 50.2 Å². The first-order valence-electron chi connectivity index (χ1n) is 14.2. The van der Waals surface area contributed by atoms with Crippen molar-refractivity contribution < 1.29 is 32.2 Å². The Labute approximate surface area is 246 Å². The summed E-state index contributed by atoms with van der Waals surface area (Å²) in [6.45, 7) is 9.91. The number of methoxy groups -OCH3 is 1. The molecule has 1 amide bonds. The molecule has 6 nitrogen and oxygen atoms in total. The summed E-state index contributed by atoms with van der Waals surface area (Å²) in [7, 11) is 1.15. The standard InChI is InChI=1S/C33H39F3N2O4/c1-6-9-10-23(4)25-13-11-24(12-14-25)22-38(31(39)32(40)41-5)30-20-17-27(37(7-2)8-3)21-29(30)26-15-18-28(19-16-26)42-33(34,35)36/h11-21,23H,6-10,22H2,1-5H3/t23-/m1/s1. The number of anilines is 2. The molecule has 0 bridgehead atoms. The van der Waals surface area contributed by atoms with Gasteiger partial charge in [0.2, 0.25) is 0 Å². The fourth-order valence-electron chi connectivity index (χ4n) is 4.89. The molecule has 1 atom stereocenters. The topological polar surface area (TPSA) is 59.1 Å². The van der Waals surface area contributed by atoms with Crippen molar-refractivity contribution in [1.29, 1.82) is 0 Å². The van der Waals surface area contributed by atoms with Crippen LogP contribution in [0.5, 0.6) is 5.75 Å². The number of hydrogen-bond acceptors (Lipinski definition) is 5. The zero-order chi connectivity index (χ0) is 30.9. The van der Waals surface area contributed by atoms with Crippen molar-refractivity contribution in [2.45, 2.75) is 65.8 Å². The largest absolute Gasteiger partial charge is 0.573 e. The number of hydrogen-bond donors (Lipinski definition) is 0. The molecule has 0 saturated heterocycles. The van der Waals surface area contributed by atoms with Crippen LogP contribution in [0.4, 0.5) is 24.5 Å². The van der Waals surface area contributed by atoms with Crippen molar-refractivity contribution in [2.75, 3.05) is 30.0 Å². The summed E-state index contributed by atoms with van der Waals surface area (Å²) >= 11 is 0. The molecule has 0 spiro atoms. The lowest BCUT2D eigenvalue weighted by molar-refractivity contribution is -0.274. The molecule has 0 fully saturated rings. The highest BCUT2D eigenvalue weighted by Gasteiger charge is 2.31. The maximum atomic E-state index is 13.4. The molecular formula is C33H39F3N2O4. The van der Waals surface area contributed by atoms with E-state index in [2.05, 4.69) is 23.5 Å². The maximum Gasteiger partial charge on any atom is 0.573 e. The van der Waals surface area contributed by atoms with Crippen molar-refractivity contribution >= 4 is 23.3 Å². The van der Waals surface area contributed by atoms with Crippen LogP contribution >= 0.6 is 0 Å². The SMILES string of the molecule is CCCC[C@@H](C)c1ccc(CN(C(=O)C(=O)OC)c2ccc(N(CC)CC)cc2-c2ccc(OC(F)(F)F)cc2)cc1. The quantitative estimate of drug-likeness (QED) is 0.159. The predicted molar refractivity (Wildman–Crippen MR) is 160 cm³/mol. The Morgan fingerprint density at radius 3 is 2.10 bits per heavy atom. The van der Waals surface area contributed by atoms with Gasteiger partial charge in [0.05, 0.1) is 19.3 Å². The van der Waals surface area contributed by atoms with Crippen molar-refractivity contribution in [3.05, 3.63) is 77.9 Å². The molecule has 0 aromatic heterocycles. The molecule has 3 aromatic rings. The normalized spacial score (nSPS) is 12.0. The van der Waals surface area contributed by atoms with Crippen LogP contribution in [0.2, 0.25) is 0 Å². The third-order valence-corrected chi connectivity index (χ3v) is 7.28. The highest BCUT2D eigenvalue weighted by molar-refractivity contribution is 6.38. The molecule has 0 radical (unpaired) electrons. The van der Waals surface area contributed by atoms with Crippen molar-refractivity contribution in [3.8, 4) is 16.9 Å². The van der Waals surface area contributed by atoms with Gasteiger partial charge in [-0.25, -0.2) is 4.79 Å². The summed E-state index contributed by atoms with van der Waals surface area (Å²) in [6, 6.07) is 18.9. The van der Waals surface area contributed by atoms with Crippen molar-refractivity contribution in [2.24, 2.45) is 0 Å². The molecule has 9 heteroatoms. The Balaban J connectivity index is 2.09. The second-order valence-corrected chi connectivity index (χ2v) is 10.1. The van der Waals surface area contributed by atoms with Crippen LogP contribution < -0.4 is 14.5 Å². The van der Waals surface area contributed by atoms with E-state index in [0.717, 1.165) is 50.7 Å². The summed E-state index contributed by atoms with van der Waals surface area (Å²) < 4.78 is 47.1. The molecule has 0 aliphatic carbocycles. The number of nitrogens with zero attached hydrogens (tertiary/aromatic N) is 2. The molecule has 0 aliphatic heterocycles. The zero-order valence-electron chi connectivity index (χ0n) is 24.8. The van der Waals surface area contributed by atoms with Crippen LogP contribution in [0.3, 0.4) is 0 Å². The molecular weight excluding hydrogens is 545 g/mol. The van der Waals surface area contributed by atoms with E-state index in [-0.39, 0.29) is 12.3 Å². The average molecular weight is 585 g/mol. The molecule has 42 heavy (non-hydrogen) atoms. The van der Waals surface area contributed by atoms with Gasteiger partial charge in [-0.2, -0.15) is 0 Å². The van der Waals surface area contributed by atoms with Crippen LogP contribution in [0.15, 0.2) is 66.7 Å². The van der Waals surface area contributed by atoms with Crippen LogP contribution in [-0.2, 0) is 20.9 Å². The zero-order valence-corrected chi connectivity index (χ0v) is 24.8. The highest BCUT2D eigenvalue weighted by atomic mass is 19.4. The predicted octanol–water partition coefficient (Wildman–Crippen LogP) is 8.10. The minimum Gasteiger partial charge on any atom is -0.462 e. The number of carbonyl (C=O) groups excluding carboxylic acids is 2. The van der Waals surface area contributed by atoms with E-state index in [1.54, 1.807) is 6.07 Å². The second-order valence-electron chi connectivity index (χ2n) is 10.1. The van der Waals surface area contributed by atoms with Gasteiger partial charge < -0.3 is 14.4 Å². The molecule has 226 valence electrons. The number of halogens is 3. The Morgan fingerprint density at radius 2 is 1.55 bits per heavy atom. The van der Waals surface area contributed by atoms with Crippen LogP contribution in [0.1, 0.15) is 64.0 Å². The van der Waals surface area contributed by atoms with Gasteiger partial charge >= 0.3 is 18.2 Å². The molecule has 0 unspecified atom stereocenters. The lowest BCUT2D eigenvalue weighted by Gasteiger charge is -2.28. The van der Waals surface area contributed by atoms with E-state index in [4.69, 9.17) is 4.74 Å². The van der Waals surface area contributed by atoms with Gasteiger partial charge in [-0.1, -0.05) is 63.1 Å². The number of esters is 1. The van der Waals surface area contributed by atoms with Gasteiger partial charge in [0, 0.05) is 24.3 Å². The Kier molecular flexibility index (Phi) is 11.4. The molecule has 0 aliphatic rings. The van der Waals surface area contributed by atoms with Gasteiger partial charge in [-0.3, -0.25) is 9.69 Å². The van der Waals surface area contributed by atoms with Crippen molar-refractivity contribution in [1.82, 2.24) is 0 Å². The second kappa shape index (κ2) is 14.8. The highest BCUT2D eigenvalue weighted by Crippen LogP contribution is 2.37. The van der Waals surface area contributed by atoms with E-state index in [0.29, 0.717) is 22.7 Å². The van der Waals surface area contributed by atoms with Gasteiger partial charge in [0.1, 0.15) is 5.75 Å². The number of unbranched alkanes of at least 4 members (excludes halogenated alkanes) is 1.